The highest BCUT2D eigenvalue weighted by atomic mass is 16.1. The van der Waals surface area contributed by atoms with Crippen molar-refractivity contribution < 1.29 is 0 Å². The van der Waals surface area contributed by atoms with Crippen molar-refractivity contribution >= 4 is 10.9 Å². The van der Waals surface area contributed by atoms with Crippen LogP contribution in [0.3, 0.4) is 0 Å². The summed E-state index contributed by atoms with van der Waals surface area (Å²) in [7, 11) is 0. The summed E-state index contributed by atoms with van der Waals surface area (Å²) in [4.78, 5) is 12.4. The van der Waals surface area contributed by atoms with Crippen LogP contribution in [0.15, 0.2) is 35.1 Å². The molecular formula is C15H16N2O. The number of rotatable bonds is 3. The maximum atomic E-state index is 12.4. The molecule has 3 heteroatoms. The maximum absolute atomic E-state index is 12.4. The molecule has 1 heterocycles. The highest BCUT2D eigenvalue weighted by Gasteiger charge is 2.15. The summed E-state index contributed by atoms with van der Waals surface area (Å²) >= 11 is 0. The largest absolute Gasteiger partial charge is 0.308 e. The summed E-state index contributed by atoms with van der Waals surface area (Å²) in [5.74, 6) is -0.320. The zero-order valence-corrected chi connectivity index (χ0v) is 10.7. The predicted octanol–water partition coefficient (Wildman–Crippen LogP) is 3.04. The third kappa shape index (κ3) is 1.91. The maximum Gasteiger partial charge on any atom is 0.255 e. The molecule has 1 unspecified atom stereocenters. The fraction of sp³-hybridized carbons (Fsp3) is 0.333. The van der Waals surface area contributed by atoms with E-state index in [1.54, 1.807) is 4.57 Å². The van der Waals surface area contributed by atoms with Crippen molar-refractivity contribution in [1.29, 1.82) is 5.26 Å². The zero-order chi connectivity index (χ0) is 13.1. The lowest BCUT2D eigenvalue weighted by atomic mass is 9.97. The molecule has 2 aromatic rings. The summed E-state index contributed by atoms with van der Waals surface area (Å²) < 4.78 is 1.74. The molecular weight excluding hydrogens is 224 g/mol. The highest BCUT2D eigenvalue weighted by molar-refractivity contribution is 5.79. The van der Waals surface area contributed by atoms with Gasteiger partial charge in [-0.25, -0.2) is 0 Å². The zero-order valence-electron chi connectivity index (χ0n) is 10.7. The van der Waals surface area contributed by atoms with Crippen molar-refractivity contribution in [2.75, 3.05) is 0 Å². The lowest BCUT2D eigenvalue weighted by Gasteiger charge is -2.13. The summed E-state index contributed by atoms with van der Waals surface area (Å²) in [6.07, 6.45) is 0.661. The molecule has 0 amide bonds. The topological polar surface area (TPSA) is 45.8 Å². The molecule has 0 aliphatic carbocycles. The molecule has 2 rings (SSSR count). The van der Waals surface area contributed by atoms with Crippen LogP contribution in [0.5, 0.6) is 0 Å². The molecule has 0 saturated carbocycles. The Hall–Kier alpha value is -2.08. The number of para-hydroxylation sites is 1. The smallest absolute Gasteiger partial charge is 0.255 e. The fourth-order valence-corrected chi connectivity index (χ4v) is 2.29. The molecule has 0 spiro atoms. The van der Waals surface area contributed by atoms with E-state index in [-0.39, 0.29) is 11.5 Å². The van der Waals surface area contributed by atoms with E-state index in [9.17, 15) is 4.79 Å². The fourth-order valence-electron chi connectivity index (χ4n) is 2.29. The lowest BCUT2D eigenvalue weighted by Crippen LogP contribution is -2.24. The Morgan fingerprint density at radius 2 is 2.06 bits per heavy atom. The van der Waals surface area contributed by atoms with Crippen molar-refractivity contribution in [3.05, 3.63) is 46.2 Å². The van der Waals surface area contributed by atoms with E-state index in [1.807, 2.05) is 44.2 Å². The SMILES string of the molecule is CCC(C#N)c1cc2ccccc2n(CC)c1=O. The molecule has 0 N–H and O–H groups in total. The van der Waals surface area contributed by atoms with Crippen LogP contribution in [0.4, 0.5) is 0 Å². The molecule has 0 aliphatic rings. The van der Waals surface area contributed by atoms with Crippen LogP contribution in [-0.4, -0.2) is 4.57 Å². The third-order valence-corrected chi connectivity index (χ3v) is 3.29. The first kappa shape index (κ1) is 12.4. The number of nitriles is 1. The van der Waals surface area contributed by atoms with Crippen LogP contribution in [0.2, 0.25) is 0 Å². The normalized spacial score (nSPS) is 12.3. The molecule has 3 nitrogen and oxygen atoms in total. The molecule has 0 radical (unpaired) electrons. The first-order valence-electron chi connectivity index (χ1n) is 6.25. The van der Waals surface area contributed by atoms with Gasteiger partial charge in [-0.05, 0) is 30.9 Å². The summed E-state index contributed by atoms with van der Waals surface area (Å²) in [5.41, 5.74) is 1.51. The summed E-state index contributed by atoms with van der Waals surface area (Å²) in [6, 6.07) is 11.9. The lowest BCUT2D eigenvalue weighted by molar-refractivity contribution is 0.722. The van der Waals surface area contributed by atoms with Crippen LogP contribution in [-0.2, 0) is 6.54 Å². The molecule has 0 bridgehead atoms. The van der Waals surface area contributed by atoms with E-state index in [4.69, 9.17) is 5.26 Å². The van der Waals surface area contributed by atoms with Crippen LogP contribution in [0.1, 0.15) is 31.7 Å². The molecule has 18 heavy (non-hydrogen) atoms. The average molecular weight is 240 g/mol. The molecule has 1 aromatic heterocycles. The number of aryl methyl sites for hydroxylation is 1. The number of fused-ring (bicyclic) bond motifs is 1. The van der Waals surface area contributed by atoms with Crippen molar-refractivity contribution in [1.82, 2.24) is 4.57 Å². The molecule has 0 aliphatic heterocycles. The minimum absolute atomic E-state index is 0.0374. The van der Waals surface area contributed by atoms with Crippen LogP contribution in [0, 0.1) is 11.3 Å². The Kier molecular flexibility index (Phi) is 3.47. The molecule has 92 valence electrons. The molecule has 1 aromatic carbocycles. The third-order valence-electron chi connectivity index (χ3n) is 3.29. The number of pyridine rings is 1. The number of hydrogen-bond donors (Lipinski definition) is 0. The van der Waals surface area contributed by atoms with Gasteiger partial charge in [0.1, 0.15) is 0 Å². The van der Waals surface area contributed by atoms with Gasteiger partial charge in [-0.15, -0.1) is 0 Å². The Balaban J connectivity index is 2.81. The molecule has 0 saturated heterocycles. The van der Waals surface area contributed by atoms with Gasteiger partial charge in [0, 0.05) is 12.1 Å². The summed E-state index contributed by atoms with van der Waals surface area (Å²) in [6.45, 7) is 4.50. The minimum Gasteiger partial charge on any atom is -0.308 e. The number of aromatic nitrogens is 1. The standard InChI is InChI=1S/C15H16N2O/c1-3-11(10-16)13-9-12-7-5-6-8-14(12)17(4-2)15(13)18/h5-9,11H,3-4H2,1-2H3. The van der Waals surface area contributed by atoms with Gasteiger partial charge in [-0.1, -0.05) is 25.1 Å². The van der Waals surface area contributed by atoms with Gasteiger partial charge >= 0.3 is 0 Å². The van der Waals surface area contributed by atoms with E-state index >= 15 is 0 Å². The second-order valence-corrected chi connectivity index (χ2v) is 4.30. The van der Waals surface area contributed by atoms with E-state index in [0.29, 0.717) is 18.5 Å². The van der Waals surface area contributed by atoms with Gasteiger partial charge < -0.3 is 4.57 Å². The highest BCUT2D eigenvalue weighted by Crippen LogP contribution is 2.20. The van der Waals surface area contributed by atoms with Gasteiger partial charge in [0.25, 0.3) is 5.56 Å². The van der Waals surface area contributed by atoms with Gasteiger partial charge in [0.05, 0.1) is 17.5 Å². The second kappa shape index (κ2) is 5.05. The van der Waals surface area contributed by atoms with Crippen molar-refractivity contribution in [2.45, 2.75) is 32.7 Å². The van der Waals surface area contributed by atoms with Gasteiger partial charge in [-0.2, -0.15) is 5.26 Å². The predicted molar refractivity (Wildman–Crippen MR) is 72.5 cm³/mol. The first-order chi connectivity index (χ1) is 8.72. The van der Waals surface area contributed by atoms with Crippen molar-refractivity contribution in [2.24, 2.45) is 0 Å². The number of benzene rings is 1. The molecule has 0 fully saturated rings. The minimum atomic E-state index is -0.320. The van der Waals surface area contributed by atoms with Crippen LogP contribution < -0.4 is 5.56 Å². The number of nitrogens with zero attached hydrogens (tertiary/aromatic N) is 2. The molecule has 1 atom stereocenters. The van der Waals surface area contributed by atoms with E-state index in [1.165, 1.54) is 0 Å². The van der Waals surface area contributed by atoms with Crippen molar-refractivity contribution in [3.63, 3.8) is 0 Å². The van der Waals surface area contributed by atoms with Gasteiger partial charge in [0.15, 0.2) is 0 Å². The van der Waals surface area contributed by atoms with E-state index in [0.717, 1.165) is 10.9 Å². The van der Waals surface area contributed by atoms with Crippen molar-refractivity contribution in [3.8, 4) is 6.07 Å². The van der Waals surface area contributed by atoms with E-state index in [2.05, 4.69) is 6.07 Å². The Morgan fingerprint density at radius 3 is 2.67 bits per heavy atom. The number of hydrogen-bond acceptors (Lipinski definition) is 2. The Morgan fingerprint density at radius 1 is 1.33 bits per heavy atom. The van der Waals surface area contributed by atoms with Gasteiger partial charge in [0.2, 0.25) is 0 Å². The Bertz CT molecular complexity index is 664. The first-order valence-corrected chi connectivity index (χ1v) is 6.25. The second-order valence-electron chi connectivity index (χ2n) is 4.30. The van der Waals surface area contributed by atoms with E-state index < -0.39 is 0 Å². The quantitative estimate of drug-likeness (QED) is 0.827. The Labute approximate surface area is 106 Å². The van der Waals surface area contributed by atoms with Crippen LogP contribution in [0.25, 0.3) is 10.9 Å². The van der Waals surface area contributed by atoms with Crippen LogP contribution >= 0.6 is 0 Å². The monoisotopic (exact) mass is 240 g/mol. The summed E-state index contributed by atoms with van der Waals surface area (Å²) in [5, 5.41) is 10.2. The van der Waals surface area contributed by atoms with Gasteiger partial charge in [-0.3, -0.25) is 4.79 Å². The average Bonchev–Trinajstić information content (AvgIpc) is 2.41.